The maximum Gasteiger partial charge on any atom is 0.136 e. The van der Waals surface area contributed by atoms with Gasteiger partial charge in [-0.1, -0.05) is 25.1 Å². The third kappa shape index (κ3) is 2.65. The van der Waals surface area contributed by atoms with Gasteiger partial charge >= 0.3 is 0 Å². The van der Waals surface area contributed by atoms with E-state index >= 15 is 0 Å². The summed E-state index contributed by atoms with van der Waals surface area (Å²) in [5, 5.41) is 0. The number of hydrogen-bond donors (Lipinski definition) is 0. The van der Waals surface area contributed by atoms with E-state index in [1.807, 2.05) is 0 Å². The molecule has 0 unspecified atom stereocenters. The highest BCUT2D eigenvalue weighted by molar-refractivity contribution is 5.54. The van der Waals surface area contributed by atoms with E-state index in [-0.39, 0.29) is 0 Å². The summed E-state index contributed by atoms with van der Waals surface area (Å²) in [4.78, 5) is 17.0. The lowest BCUT2D eigenvalue weighted by atomic mass is 10.0. The first-order valence-corrected chi connectivity index (χ1v) is 9.95. The third-order valence-corrected chi connectivity index (χ3v) is 6.44. The van der Waals surface area contributed by atoms with Gasteiger partial charge in [-0.2, -0.15) is 0 Å². The Morgan fingerprint density at radius 2 is 1.96 bits per heavy atom. The number of benzene rings is 1. The Labute approximate surface area is 155 Å². The van der Waals surface area contributed by atoms with Crippen molar-refractivity contribution in [2.24, 2.45) is 5.92 Å². The van der Waals surface area contributed by atoms with Crippen LogP contribution in [0, 0.1) is 5.92 Å². The summed E-state index contributed by atoms with van der Waals surface area (Å²) in [5.74, 6) is 1.93. The summed E-state index contributed by atoms with van der Waals surface area (Å²) in [6, 6.07) is 11.5. The quantitative estimate of drug-likeness (QED) is 0.851. The molecule has 0 bridgehead atoms. The Morgan fingerprint density at radius 1 is 1.08 bits per heavy atom. The molecule has 2 aromatic rings. The van der Waals surface area contributed by atoms with E-state index in [1.165, 1.54) is 35.7 Å². The molecule has 0 saturated carbocycles. The van der Waals surface area contributed by atoms with Gasteiger partial charge in [0, 0.05) is 56.3 Å². The van der Waals surface area contributed by atoms with E-state index in [1.54, 1.807) is 6.33 Å². The fourth-order valence-electron chi connectivity index (χ4n) is 5.00. The molecule has 0 radical (unpaired) electrons. The van der Waals surface area contributed by atoms with Gasteiger partial charge in [0.15, 0.2) is 0 Å². The van der Waals surface area contributed by atoms with Crippen molar-refractivity contribution in [2.45, 2.75) is 32.4 Å². The second kappa shape index (κ2) is 6.54. The number of nitrogens with zero attached hydrogens (tertiary/aromatic N) is 5. The van der Waals surface area contributed by atoms with Gasteiger partial charge in [0.05, 0.1) is 11.7 Å². The monoisotopic (exact) mass is 349 g/mol. The zero-order valence-corrected chi connectivity index (χ0v) is 15.5. The van der Waals surface area contributed by atoms with Gasteiger partial charge in [-0.05, 0) is 25.1 Å². The van der Waals surface area contributed by atoms with Crippen molar-refractivity contribution in [1.82, 2.24) is 14.9 Å². The minimum absolute atomic E-state index is 0.605. The molecular formula is C21H27N5. The van der Waals surface area contributed by atoms with E-state index in [0.717, 1.165) is 45.1 Å². The Balaban J connectivity index is 1.41. The molecule has 0 aliphatic carbocycles. The van der Waals surface area contributed by atoms with Crippen LogP contribution in [0.1, 0.15) is 24.6 Å². The molecule has 2 fully saturated rings. The Bertz CT molecular complexity index is 777. The molecule has 5 rings (SSSR count). The zero-order chi connectivity index (χ0) is 17.5. The van der Waals surface area contributed by atoms with Gasteiger partial charge in [-0.15, -0.1) is 0 Å². The summed E-state index contributed by atoms with van der Waals surface area (Å²) in [6.07, 6.45) is 4.11. The fraction of sp³-hybridized carbons (Fsp3) is 0.524. The molecule has 1 aromatic carbocycles. The maximum absolute atomic E-state index is 4.74. The van der Waals surface area contributed by atoms with Crippen LogP contribution < -0.4 is 9.80 Å². The maximum atomic E-state index is 4.74. The molecule has 1 aromatic heterocycles. The molecule has 3 aliphatic rings. The Hall–Kier alpha value is -2.14. The number of hydrogen-bond acceptors (Lipinski definition) is 5. The minimum Gasteiger partial charge on any atom is -0.366 e. The van der Waals surface area contributed by atoms with Crippen molar-refractivity contribution < 1.29 is 0 Å². The van der Waals surface area contributed by atoms with Crippen LogP contribution in [-0.2, 0) is 13.0 Å². The van der Waals surface area contributed by atoms with Gasteiger partial charge < -0.3 is 9.80 Å². The summed E-state index contributed by atoms with van der Waals surface area (Å²) in [5.41, 5.74) is 3.99. The molecule has 0 amide bonds. The first-order chi connectivity index (χ1) is 12.8. The minimum atomic E-state index is 0.605. The van der Waals surface area contributed by atoms with Crippen molar-refractivity contribution in [2.75, 3.05) is 42.5 Å². The largest absolute Gasteiger partial charge is 0.366 e. The molecule has 2 saturated heterocycles. The predicted molar refractivity (Wildman–Crippen MR) is 105 cm³/mol. The number of likely N-dealkylation sites (N-methyl/N-ethyl adjacent to an activating group) is 1. The first-order valence-electron chi connectivity index (χ1n) is 9.95. The average Bonchev–Trinajstić information content (AvgIpc) is 3.28. The standard InChI is InChI=1S/C21H27N5/c1-2-24-10-9-19-18(13-24)21(23-15-22-19)25-12-16-8-11-26(20(16)14-25)17-6-4-3-5-7-17/h3-7,15-16,20H,2,8-14H2,1H3/t16-,20-/m0/s1. The number of para-hydroxylation sites is 1. The lowest BCUT2D eigenvalue weighted by molar-refractivity contribution is 0.265. The highest BCUT2D eigenvalue weighted by Gasteiger charge is 2.42. The molecule has 4 heterocycles. The van der Waals surface area contributed by atoms with Crippen molar-refractivity contribution in [1.29, 1.82) is 0 Å². The number of aromatic nitrogens is 2. The van der Waals surface area contributed by atoms with E-state index < -0.39 is 0 Å². The van der Waals surface area contributed by atoms with E-state index in [0.29, 0.717) is 6.04 Å². The van der Waals surface area contributed by atoms with Crippen LogP contribution in [0.3, 0.4) is 0 Å². The van der Waals surface area contributed by atoms with E-state index in [9.17, 15) is 0 Å². The lowest BCUT2D eigenvalue weighted by Crippen LogP contribution is -2.37. The van der Waals surface area contributed by atoms with E-state index in [4.69, 9.17) is 4.98 Å². The van der Waals surface area contributed by atoms with Crippen LogP contribution in [-0.4, -0.2) is 53.6 Å². The third-order valence-electron chi connectivity index (χ3n) is 6.44. The molecule has 0 N–H and O–H groups in total. The molecule has 2 atom stereocenters. The number of anilines is 2. The summed E-state index contributed by atoms with van der Waals surface area (Å²) in [6.45, 7) is 8.84. The van der Waals surface area contributed by atoms with Crippen LogP contribution in [0.4, 0.5) is 11.5 Å². The van der Waals surface area contributed by atoms with Crippen molar-refractivity contribution in [3.05, 3.63) is 47.9 Å². The predicted octanol–water partition coefficient (Wildman–Crippen LogP) is 2.57. The van der Waals surface area contributed by atoms with Crippen LogP contribution in [0.15, 0.2) is 36.7 Å². The normalized spacial score (nSPS) is 25.4. The Morgan fingerprint density at radius 3 is 2.81 bits per heavy atom. The van der Waals surface area contributed by atoms with Crippen LogP contribution >= 0.6 is 0 Å². The fourth-order valence-corrected chi connectivity index (χ4v) is 5.00. The van der Waals surface area contributed by atoms with Gasteiger partial charge in [0.2, 0.25) is 0 Å². The van der Waals surface area contributed by atoms with Crippen LogP contribution in [0.5, 0.6) is 0 Å². The molecule has 5 heteroatoms. The lowest BCUT2D eigenvalue weighted by Gasteiger charge is -2.31. The van der Waals surface area contributed by atoms with Crippen molar-refractivity contribution in [3.8, 4) is 0 Å². The first kappa shape index (κ1) is 16.1. The Kier molecular flexibility index (Phi) is 4.04. The molecular weight excluding hydrogens is 322 g/mol. The summed E-state index contributed by atoms with van der Waals surface area (Å²) < 4.78 is 0. The van der Waals surface area contributed by atoms with Crippen molar-refractivity contribution in [3.63, 3.8) is 0 Å². The summed E-state index contributed by atoms with van der Waals surface area (Å²) >= 11 is 0. The summed E-state index contributed by atoms with van der Waals surface area (Å²) in [7, 11) is 0. The van der Waals surface area contributed by atoms with Crippen LogP contribution in [0.2, 0.25) is 0 Å². The molecule has 3 aliphatic heterocycles. The van der Waals surface area contributed by atoms with Crippen LogP contribution in [0.25, 0.3) is 0 Å². The average molecular weight is 349 g/mol. The van der Waals surface area contributed by atoms with Gasteiger partial charge in [0.25, 0.3) is 0 Å². The molecule has 136 valence electrons. The molecule has 5 nitrogen and oxygen atoms in total. The molecule has 0 spiro atoms. The van der Waals surface area contributed by atoms with Gasteiger partial charge in [0.1, 0.15) is 12.1 Å². The van der Waals surface area contributed by atoms with E-state index in [2.05, 4.69) is 56.9 Å². The SMILES string of the molecule is CCN1CCc2ncnc(N3C[C@@H]4CCN(c5ccccc5)[C@H]4C3)c2C1. The topological polar surface area (TPSA) is 35.5 Å². The number of fused-ring (bicyclic) bond motifs is 2. The highest BCUT2D eigenvalue weighted by atomic mass is 15.3. The van der Waals surface area contributed by atoms with Crippen molar-refractivity contribution >= 4 is 11.5 Å². The number of rotatable bonds is 3. The zero-order valence-electron chi connectivity index (χ0n) is 15.5. The highest BCUT2D eigenvalue weighted by Crippen LogP contribution is 2.38. The van der Waals surface area contributed by atoms with Gasteiger partial charge in [-0.3, -0.25) is 4.90 Å². The van der Waals surface area contributed by atoms with Gasteiger partial charge in [-0.25, -0.2) is 9.97 Å². The second-order valence-corrected chi connectivity index (χ2v) is 7.79. The second-order valence-electron chi connectivity index (χ2n) is 7.79. The molecule has 26 heavy (non-hydrogen) atoms. The smallest absolute Gasteiger partial charge is 0.136 e.